The van der Waals surface area contributed by atoms with E-state index in [1.807, 2.05) is 44.2 Å². The number of rotatable bonds is 6. The second-order valence-electron chi connectivity index (χ2n) is 5.03. The van der Waals surface area contributed by atoms with Crippen LogP contribution in [-0.2, 0) is 17.6 Å². The van der Waals surface area contributed by atoms with Crippen LogP contribution >= 0.6 is 11.3 Å². The number of carboxylic acids is 1. The maximum absolute atomic E-state index is 12.1. The van der Waals surface area contributed by atoms with E-state index in [4.69, 9.17) is 0 Å². The van der Waals surface area contributed by atoms with Gasteiger partial charge >= 0.3 is 5.97 Å². The number of hydrogen-bond donors (Lipinski definition) is 2. The van der Waals surface area contributed by atoms with Crippen LogP contribution in [0.3, 0.4) is 0 Å². The average Bonchev–Trinajstić information content (AvgIpc) is 2.81. The highest BCUT2D eigenvalue weighted by molar-refractivity contribution is 7.16. The summed E-state index contributed by atoms with van der Waals surface area (Å²) in [5.41, 5.74) is 2.13. The zero-order chi connectivity index (χ0) is 16.1. The van der Waals surface area contributed by atoms with E-state index in [1.54, 1.807) is 0 Å². The highest BCUT2D eigenvalue weighted by Crippen LogP contribution is 2.33. The molecule has 116 valence electrons. The molecule has 1 aromatic heterocycles. The van der Waals surface area contributed by atoms with Gasteiger partial charge in [-0.15, -0.1) is 11.3 Å². The van der Waals surface area contributed by atoms with E-state index in [-0.39, 0.29) is 11.5 Å². The Morgan fingerprint density at radius 3 is 2.50 bits per heavy atom. The van der Waals surface area contributed by atoms with Crippen LogP contribution in [-0.4, -0.2) is 17.0 Å². The monoisotopic (exact) mass is 317 g/mol. The van der Waals surface area contributed by atoms with Crippen LogP contribution in [0.15, 0.2) is 30.3 Å². The van der Waals surface area contributed by atoms with Gasteiger partial charge in [-0.25, -0.2) is 4.79 Å². The molecule has 1 heterocycles. The third kappa shape index (κ3) is 3.74. The Morgan fingerprint density at radius 1 is 1.23 bits per heavy atom. The molecule has 1 aromatic carbocycles. The van der Waals surface area contributed by atoms with Crippen molar-refractivity contribution in [3.63, 3.8) is 0 Å². The highest BCUT2D eigenvalue weighted by Gasteiger charge is 2.21. The molecule has 0 unspecified atom stereocenters. The summed E-state index contributed by atoms with van der Waals surface area (Å²) in [6.45, 7) is 3.80. The molecule has 0 aliphatic carbocycles. The minimum atomic E-state index is -0.987. The topological polar surface area (TPSA) is 66.4 Å². The fourth-order valence-electron chi connectivity index (χ4n) is 2.41. The number of aromatic carboxylic acids is 1. The van der Waals surface area contributed by atoms with Crippen molar-refractivity contribution >= 4 is 28.2 Å². The number of carbonyl (C=O) groups is 2. The Kier molecular flexibility index (Phi) is 5.33. The molecule has 5 heteroatoms. The minimum absolute atomic E-state index is 0.157. The van der Waals surface area contributed by atoms with Gasteiger partial charge in [-0.3, -0.25) is 4.79 Å². The molecule has 1 amide bonds. The number of thiophene rings is 1. The summed E-state index contributed by atoms with van der Waals surface area (Å²) >= 11 is 1.33. The Balaban J connectivity index is 2.07. The Hall–Kier alpha value is -2.14. The molecule has 0 bridgehead atoms. The van der Waals surface area contributed by atoms with Gasteiger partial charge in [0.25, 0.3) is 0 Å². The average molecular weight is 317 g/mol. The van der Waals surface area contributed by atoms with E-state index < -0.39 is 5.97 Å². The highest BCUT2D eigenvalue weighted by atomic mass is 32.1. The lowest BCUT2D eigenvalue weighted by Gasteiger charge is -2.05. The molecule has 2 rings (SSSR count). The second-order valence-corrected chi connectivity index (χ2v) is 6.26. The van der Waals surface area contributed by atoms with Gasteiger partial charge in [-0.05, 0) is 30.9 Å². The van der Waals surface area contributed by atoms with Gasteiger partial charge in [0.15, 0.2) is 0 Å². The number of amides is 1. The van der Waals surface area contributed by atoms with Crippen LogP contribution in [0.1, 0.15) is 39.7 Å². The molecule has 22 heavy (non-hydrogen) atoms. The zero-order valence-corrected chi connectivity index (χ0v) is 13.5. The lowest BCUT2D eigenvalue weighted by atomic mass is 10.1. The predicted octanol–water partition coefficient (Wildman–Crippen LogP) is 3.89. The van der Waals surface area contributed by atoms with Crippen LogP contribution in [0.25, 0.3) is 0 Å². The number of carboxylic acid groups (broad SMARTS) is 1. The molecule has 0 aliphatic rings. The van der Waals surface area contributed by atoms with Gasteiger partial charge in [-0.2, -0.15) is 0 Å². The smallest absolute Gasteiger partial charge is 0.339 e. The number of nitrogens with one attached hydrogen (secondary N) is 1. The molecule has 0 atom stereocenters. The molecule has 0 radical (unpaired) electrons. The fraction of sp³-hybridized carbons (Fsp3) is 0.294. The predicted molar refractivity (Wildman–Crippen MR) is 88.8 cm³/mol. The van der Waals surface area contributed by atoms with E-state index in [9.17, 15) is 14.7 Å². The second kappa shape index (κ2) is 7.22. The lowest BCUT2D eigenvalue weighted by Crippen LogP contribution is -2.14. The number of aryl methyl sites for hydroxylation is 2. The van der Waals surface area contributed by atoms with Crippen molar-refractivity contribution < 1.29 is 14.7 Å². The fourth-order valence-corrected chi connectivity index (χ4v) is 3.56. The Labute approximate surface area is 133 Å². The first-order valence-electron chi connectivity index (χ1n) is 7.22. The van der Waals surface area contributed by atoms with Crippen molar-refractivity contribution in [2.75, 3.05) is 5.32 Å². The maximum Gasteiger partial charge on any atom is 0.339 e. The van der Waals surface area contributed by atoms with E-state index in [1.165, 1.54) is 11.3 Å². The summed E-state index contributed by atoms with van der Waals surface area (Å²) in [6.07, 6.45) is 1.62. The summed E-state index contributed by atoms with van der Waals surface area (Å²) in [4.78, 5) is 24.4. The van der Waals surface area contributed by atoms with Gasteiger partial charge in [0, 0.05) is 11.3 Å². The summed E-state index contributed by atoms with van der Waals surface area (Å²) in [7, 11) is 0. The molecule has 2 N–H and O–H groups in total. The van der Waals surface area contributed by atoms with E-state index in [0.717, 1.165) is 16.0 Å². The quantitative estimate of drug-likeness (QED) is 0.849. The van der Waals surface area contributed by atoms with Gasteiger partial charge in [0.05, 0.1) is 5.56 Å². The van der Waals surface area contributed by atoms with Crippen molar-refractivity contribution in [1.29, 1.82) is 0 Å². The van der Waals surface area contributed by atoms with E-state index in [0.29, 0.717) is 24.3 Å². The zero-order valence-electron chi connectivity index (χ0n) is 12.7. The number of hydrogen-bond acceptors (Lipinski definition) is 3. The third-order valence-electron chi connectivity index (χ3n) is 3.51. The Morgan fingerprint density at radius 2 is 1.91 bits per heavy atom. The van der Waals surface area contributed by atoms with Crippen molar-refractivity contribution in [3.05, 3.63) is 51.9 Å². The molecular weight excluding hydrogens is 298 g/mol. The number of benzene rings is 1. The Bertz CT molecular complexity index is 677. The van der Waals surface area contributed by atoms with Crippen molar-refractivity contribution in [2.45, 2.75) is 33.1 Å². The first-order chi connectivity index (χ1) is 10.5. The molecule has 4 nitrogen and oxygen atoms in total. The van der Waals surface area contributed by atoms with E-state index in [2.05, 4.69) is 5.32 Å². The number of carbonyl (C=O) groups excluding carboxylic acids is 1. The van der Waals surface area contributed by atoms with Crippen LogP contribution in [0, 0.1) is 6.92 Å². The molecule has 0 spiro atoms. The molecule has 2 aromatic rings. The largest absolute Gasteiger partial charge is 0.478 e. The molecule has 0 saturated carbocycles. The molecule has 0 fully saturated rings. The van der Waals surface area contributed by atoms with Gasteiger partial charge in [-0.1, -0.05) is 37.3 Å². The normalized spacial score (nSPS) is 10.5. The standard InChI is InChI=1S/C17H19NO3S/c1-3-13-11(2)22-16(15(13)17(20)21)18-14(19)10-9-12-7-5-4-6-8-12/h4-8H,3,9-10H2,1-2H3,(H,18,19)(H,20,21). The van der Waals surface area contributed by atoms with Crippen LogP contribution < -0.4 is 5.32 Å². The van der Waals surface area contributed by atoms with Crippen LogP contribution in [0.2, 0.25) is 0 Å². The van der Waals surface area contributed by atoms with Gasteiger partial charge in [0.1, 0.15) is 5.00 Å². The van der Waals surface area contributed by atoms with E-state index >= 15 is 0 Å². The first-order valence-corrected chi connectivity index (χ1v) is 8.04. The summed E-state index contributed by atoms with van der Waals surface area (Å²) in [5.74, 6) is -1.14. The summed E-state index contributed by atoms with van der Waals surface area (Å²) < 4.78 is 0. The van der Waals surface area contributed by atoms with Crippen molar-refractivity contribution in [2.24, 2.45) is 0 Å². The van der Waals surface area contributed by atoms with Crippen molar-refractivity contribution in [3.8, 4) is 0 Å². The third-order valence-corrected chi connectivity index (χ3v) is 4.58. The lowest BCUT2D eigenvalue weighted by molar-refractivity contribution is -0.116. The van der Waals surface area contributed by atoms with Gasteiger partial charge < -0.3 is 10.4 Å². The molecule has 0 saturated heterocycles. The van der Waals surface area contributed by atoms with Crippen LogP contribution in [0.4, 0.5) is 5.00 Å². The molecule has 0 aliphatic heterocycles. The summed E-state index contributed by atoms with van der Waals surface area (Å²) in [5, 5.41) is 12.6. The maximum atomic E-state index is 12.1. The number of anilines is 1. The minimum Gasteiger partial charge on any atom is -0.478 e. The van der Waals surface area contributed by atoms with Crippen LogP contribution in [0.5, 0.6) is 0 Å². The van der Waals surface area contributed by atoms with Gasteiger partial charge in [0.2, 0.25) is 5.91 Å². The summed E-state index contributed by atoms with van der Waals surface area (Å²) in [6, 6.07) is 9.75. The first kappa shape index (κ1) is 16.2. The van der Waals surface area contributed by atoms with Crippen molar-refractivity contribution in [1.82, 2.24) is 0 Å². The SMILES string of the molecule is CCc1c(C)sc(NC(=O)CCc2ccccc2)c1C(=O)O. The molecular formula is C17H19NO3S.